The molecule has 0 bridgehead atoms. The van der Waals surface area contributed by atoms with Crippen molar-refractivity contribution in [2.75, 3.05) is 37.6 Å². The van der Waals surface area contributed by atoms with Gasteiger partial charge in [0.25, 0.3) is 0 Å². The Hall–Kier alpha value is -2.08. The van der Waals surface area contributed by atoms with Gasteiger partial charge in [-0.05, 0) is 45.4 Å². The molecule has 1 fully saturated rings. The minimum absolute atomic E-state index is 0.233. The average Bonchev–Trinajstić information content (AvgIpc) is 2.51. The Morgan fingerprint density at radius 1 is 1.12 bits per heavy atom. The molecule has 0 aromatic heterocycles. The molecule has 0 unspecified atom stereocenters. The van der Waals surface area contributed by atoms with Gasteiger partial charge < -0.3 is 10.2 Å². The lowest BCUT2D eigenvalue weighted by atomic mass is 10.1. The van der Waals surface area contributed by atoms with Crippen LogP contribution in [0.3, 0.4) is 0 Å². The molecular formula is C19H30N4O2. The number of piperazine rings is 1. The van der Waals surface area contributed by atoms with Gasteiger partial charge >= 0.3 is 6.03 Å². The van der Waals surface area contributed by atoms with E-state index in [2.05, 4.69) is 51.6 Å². The summed E-state index contributed by atoms with van der Waals surface area (Å²) in [4.78, 5) is 28.2. The summed E-state index contributed by atoms with van der Waals surface area (Å²) in [6.07, 6.45) is 0.335. The molecule has 1 aromatic rings. The standard InChI is InChI=1S/C19H30N4O2/c1-15-6-5-7-16(14-15)23-12-10-22(11-13-23)9-8-17(24)20-18(25)21-19(2,3)4/h5-7,14H,8-13H2,1-4H3,(H2,20,21,24,25). The lowest BCUT2D eigenvalue weighted by Crippen LogP contribution is -2.50. The molecule has 3 amide bonds. The monoisotopic (exact) mass is 346 g/mol. The number of aryl methyl sites for hydroxylation is 1. The highest BCUT2D eigenvalue weighted by molar-refractivity contribution is 5.94. The number of carbonyl (C=O) groups is 2. The fourth-order valence-corrected chi connectivity index (χ4v) is 2.87. The van der Waals surface area contributed by atoms with Crippen LogP contribution in [-0.4, -0.2) is 55.1 Å². The van der Waals surface area contributed by atoms with E-state index in [1.165, 1.54) is 11.3 Å². The van der Waals surface area contributed by atoms with Crippen LogP contribution < -0.4 is 15.5 Å². The van der Waals surface area contributed by atoms with Crippen molar-refractivity contribution in [3.63, 3.8) is 0 Å². The van der Waals surface area contributed by atoms with Crippen LogP contribution in [0.5, 0.6) is 0 Å². The van der Waals surface area contributed by atoms with Crippen molar-refractivity contribution in [1.29, 1.82) is 0 Å². The van der Waals surface area contributed by atoms with Crippen molar-refractivity contribution >= 4 is 17.6 Å². The van der Waals surface area contributed by atoms with Gasteiger partial charge in [-0.1, -0.05) is 12.1 Å². The van der Waals surface area contributed by atoms with Gasteiger partial charge in [-0.25, -0.2) is 4.79 Å². The first kappa shape index (κ1) is 19.2. The Kier molecular flexibility index (Phi) is 6.42. The molecule has 25 heavy (non-hydrogen) atoms. The third kappa shape index (κ3) is 6.74. The number of amides is 3. The normalized spacial score (nSPS) is 15.8. The number of rotatable bonds is 4. The Labute approximate surface area is 150 Å². The molecule has 0 saturated carbocycles. The molecule has 2 N–H and O–H groups in total. The summed E-state index contributed by atoms with van der Waals surface area (Å²) in [5.41, 5.74) is 2.18. The van der Waals surface area contributed by atoms with Crippen molar-refractivity contribution < 1.29 is 9.59 Å². The summed E-state index contributed by atoms with van der Waals surface area (Å²) in [7, 11) is 0. The van der Waals surface area contributed by atoms with E-state index in [-0.39, 0.29) is 11.4 Å². The predicted molar refractivity (Wildman–Crippen MR) is 101 cm³/mol. The molecular weight excluding hydrogens is 316 g/mol. The van der Waals surface area contributed by atoms with Crippen molar-refractivity contribution in [2.45, 2.75) is 39.7 Å². The summed E-state index contributed by atoms with van der Waals surface area (Å²) in [6, 6.07) is 8.11. The number of carbonyl (C=O) groups excluding carboxylic acids is 2. The molecule has 0 spiro atoms. The third-order valence-electron chi connectivity index (χ3n) is 4.14. The van der Waals surface area contributed by atoms with Crippen molar-refractivity contribution in [2.24, 2.45) is 0 Å². The SMILES string of the molecule is Cc1cccc(N2CCN(CCC(=O)NC(=O)NC(C)(C)C)CC2)c1. The Morgan fingerprint density at radius 2 is 1.80 bits per heavy atom. The second-order valence-corrected chi connectivity index (χ2v) is 7.67. The fourth-order valence-electron chi connectivity index (χ4n) is 2.87. The van der Waals surface area contributed by atoms with E-state index in [1.54, 1.807) is 0 Å². The molecule has 0 radical (unpaired) electrons. The van der Waals surface area contributed by atoms with Crippen molar-refractivity contribution in [3.05, 3.63) is 29.8 Å². The number of hydrogen-bond acceptors (Lipinski definition) is 4. The van der Waals surface area contributed by atoms with Crippen LogP contribution in [0.25, 0.3) is 0 Å². The minimum atomic E-state index is -0.429. The highest BCUT2D eigenvalue weighted by Crippen LogP contribution is 2.17. The zero-order valence-electron chi connectivity index (χ0n) is 15.8. The van der Waals surface area contributed by atoms with Gasteiger partial charge in [0.2, 0.25) is 5.91 Å². The molecule has 6 nitrogen and oxygen atoms in total. The zero-order valence-corrected chi connectivity index (χ0v) is 15.8. The molecule has 1 aliphatic rings. The van der Waals surface area contributed by atoms with Gasteiger partial charge in [0.05, 0.1) is 0 Å². The first-order chi connectivity index (χ1) is 11.7. The van der Waals surface area contributed by atoms with E-state index < -0.39 is 6.03 Å². The maximum Gasteiger partial charge on any atom is 0.321 e. The first-order valence-corrected chi connectivity index (χ1v) is 8.89. The first-order valence-electron chi connectivity index (χ1n) is 8.89. The molecule has 0 atom stereocenters. The third-order valence-corrected chi connectivity index (χ3v) is 4.14. The van der Waals surface area contributed by atoms with Crippen LogP contribution in [0.4, 0.5) is 10.5 Å². The van der Waals surface area contributed by atoms with E-state index in [0.29, 0.717) is 13.0 Å². The van der Waals surface area contributed by atoms with Crippen LogP contribution in [-0.2, 0) is 4.79 Å². The number of hydrogen-bond donors (Lipinski definition) is 2. The van der Waals surface area contributed by atoms with Crippen LogP contribution >= 0.6 is 0 Å². The predicted octanol–water partition coefficient (Wildman–Crippen LogP) is 2.13. The van der Waals surface area contributed by atoms with Gasteiger partial charge in [-0.3, -0.25) is 15.0 Å². The Balaban J connectivity index is 1.70. The summed E-state index contributed by atoms with van der Waals surface area (Å²) >= 11 is 0. The van der Waals surface area contributed by atoms with Gasteiger partial charge in [-0.15, -0.1) is 0 Å². The smallest absolute Gasteiger partial charge is 0.321 e. The largest absolute Gasteiger partial charge is 0.369 e. The van der Waals surface area contributed by atoms with Crippen LogP contribution in [0.1, 0.15) is 32.8 Å². The molecule has 0 aliphatic carbocycles. The zero-order chi connectivity index (χ0) is 18.4. The molecule has 2 rings (SSSR count). The number of urea groups is 1. The van der Waals surface area contributed by atoms with Crippen molar-refractivity contribution in [3.8, 4) is 0 Å². The number of anilines is 1. The fraction of sp³-hybridized carbons (Fsp3) is 0.579. The quantitative estimate of drug-likeness (QED) is 0.877. The lowest BCUT2D eigenvalue weighted by molar-refractivity contribution is -0.120. The second-order valence-electron chi connectivity index (χ2n) is 7.67. The molecule has 138 valence electrons. The summed E-state index contributed by atoms with van der Waals surface area (Å²) in [6.45, 7) is 12.2. The maximum atomic E-state index is 11.9. The Bertz CT molecular complexity index is 602. The van der Waals surface area contributed by atoms with E-state index in [0.717, 1.165) is 26.2 Å². The van der Waals surface area contributed by atoms with E-state index in [4.69, 9.17) is 0 Å². The maximum absolute atomic E-state index is 11.9. The average molecular weight is 346 g/mol. The number of nitrogens with zero attached hydrogens (tertiary/aromatic N) is 2. The molecule has 1 heterocycles. The highest BCUT2D eigenvalue weighted by Gasteiger charge is 2.19. The summed E-state index contributed by atoms with van der Waals surface area (Å²) in [5.74, 6) is -0.233. The van der Waals surface area contributed by atoms with Crippen LogP contribution in [0, 0.1) is 6.92 Å². The summed E-state index contributed by atoms with van der Waals surface area (Å²) in [5, 5.41) is 5.12. The number of imide groups is 1. The minimum Gasteiger partial charge on any atom is -0.369 e. The van der Waals surface area contributed by atoms with Gasteiger partial charge in [0, 0.05) is 50.4 Å². The Morgan fingerprint density at radius 3 is 2.40 bits per heavy atom. The highest BCUT2D eigenvalue weighted by atomic mass is 16.2. The number of benzene rings is 1. The summed E-state index contributed by atoms with van der Waals surface area (Å²) < 4.78 is 0. The van der Waals surface area contributed by atoms with Crippen molar-refractivity contribution in [1.82, 2.24) is 15.5 Å². The van der Waals surface area contributed by atoms with Gasteiger partial charge in [0.15, 0.2) is 0 Å². The van der Waals surface area contributed by atoms with E-state index >= 15 is 0 Å². The number of nitrogens with one attached hydrogen (secondary N) is 2. The van der Waals surface area contributed by atoms with Gasteiger partial charge in [0.1, 0.15) is 0 Å². The lowest BCUT2D eigenvalue weighted by Gasteiger charge is -2.36. The topological polar surface area (TPSA) is 64.7 Å². The molecule has 6 heteroatoms. The molecule has 1 saturated heterocycles. The van der Waals surface area contributed by atoms with Gasteiger partial charge in [-0.2, -0.15) is 0 Å². The van der Waals surface area contributed by atoms with E-state index in [1.807, 2.05) is 20.8 Å². The molecule has 1 aromatic carbocycles. The second kappa shape index (κ2) is 8.34. The van der Waals surface area contributed by atoms with E-state index in [9.17, 15) is 9.59 Å². The molecule has 1 aliphatic heterocycles. The van der Waals surface area contributed by atoms with Crippen LogP contribution in [0.15, 0.2) is 24.3 Å². The van der Waals surface area contributed by atoms with Crippen LogP contribution in [0.2, 0.25) is 0 Å².